The number of hydrogen-bond donors (Lipinski definition) is 1. The fourth-order valence-corrected chi connectivity index (χ4v) is 3.96. The standard InChI is InChI=1S/C23H24N2O3S/c1-15-14-18(12-13-20(15)28-3)22-16(2)29-23(25-22)24-21(27)11-7-10-19(26)17-8-5-4-6-9-17/h4-6,8-9,12-14H,7,10-11H2,1-3H3,(H,24,25,27). The third-order valence-corrected chi connectivity index (χ3v) is 5.50. The predicted molar refractivity (Wildman–Crippen MR) is 117 cm³/mol. The van der Waals surface area contributed by atoms with E-state index in [1.54, 1.807) is 19.2 Å². The lowest BCUT2D eigenvalue weighted by molar-refractivity contribution is -0.116. The Hall–Kier alpha value is -2.99. The minimum absolute atomic E-state index is 0.0562. The zero-order valence-corrected chi connectivity index (χ0v) is 17.6. The van der Waals surface area contributed by atoms with E-state index in [1.807, 2.05) is 50.2 Å². The first-order chi connectivity index (χ1) is 14.0. The molecule has 1 amide bonds. The number of methoxy groups -OCH3 is 1. The SMILES string of the molecule is COc1ccc(-c2nc(NC(=O)CCCC(=O)c3ccccc3)sc2C)cc1C. The summed E-state index contributed by atoms with van der Waals surface area (Å²) in [6, 6.07) is 15.1. The Kier molecular flexibility index (Phi) is 6.77. The summed E-state index contributed by atoms with van der Waals surface area (Å²) in [7, 11) is 1.65. The zero-order chi connectivity index (χ0) is 20.8. The first kappa shape index (κ1) is 20.7. The van der Waals surface area contributed by atoms with Crippen LogP contribution in [0.15, 0.2) is 48.5 Å². The highest BCUT2D eigenvalue weighted by Gasteiger charge is 2.14. The van der Waals surface area contributed by atoms with Crippen LogP contribution in [-0.2, 0) is 4.79 Å². The van der Waals surface area contributed by atoms with Crippen LogP contribution >= 0.6 is 11.3 Å². The van der Waals surface area contributed by atoms with E-state index in [4.69, 9.17) is 4.74 Å². The Morgan fingerprint density at radius 2 is 1.83 bits per heavy atom. The molecule has 0 unspecified atom stereocenters. The highest BCUT2D eigenvalue weighted by Crippen LogP contribution is 2.32. The van der Waals surface area contributed by atoms with Crippen LogP contribution in [0.1, 0.15) is 40.1 Å². The smallest absolute Gasteiger partial charge is 0.226 e. The molecule has 0 bridgehead atoms. The van der Waals surface area contributed by atoms with Crippen molar-refractivity contribution in [3.05, 3.63) is 64.5 Å². The number of thiazole rings is 1. The van der Waals surface area contributed by atoms with Crippen molar-refractivity contribution in [2.24, 2.45) is 0 Å². The highest BCUT2D eigenvalue weighted by atomic mass is 32.1. The molecular weight excluding hydrogens is 384 g/mol. The van der Waals surface area contributed by atoms with Crippen LogP contribution in [0.25, 0.3) is 11.3 Å². The summed E-state index contributed by atoms with van der Waals surface area (Å²) < 4.78 is 5.31. The van der Waals surface area contributed by atoms with Crippen LogP contribution in [0.5, 0.6) is 5.75 Å². The second kappa shape index (κ2) is 9.47. The first-order valence-corrected chi connectivity index (χ1v) is 10.3. The fourth-order valence-electron chi connectivity index (χ4n) is 3.10. The summed E-state index contributed by atoms with van der Waals surface area (Å²) in [6.45, 7) is 3.98. The van der Waals surface area contributed by atoms with E-state index in [2.05, 4.69) is 10.3 Å². The molecule has 3 rings (SSSR count). The molecule has 0 fully saturated rings. The van der Waals surface area contributed by atoms with Crippen molar-refractivity contribution >= 4 is 28.2 Å². The molecule has 0 aliphatic heterocycles. The average Bonchev–Trinajstić information content (AvgIpc) is 3.08. The van der Waals surface area contributed by atoms with E-state index < -0.39 is 0 Å². The number of ether oxygens (including phenoxy) is 1. The molecule has 1 heterocycles. The fraction of sp³-hybridized carbons (Fsp3) is 0.261. The van der Waals surface area contributed by atoms with Gasteiger partial charge in [0.15, 0.2) is 10.9 Å². The number of amides is 1. The predicted octanol–water partition coefficient (Wildman–Crippen LogP) is 5.43. The van der Waals surface area contributed by atoms with Crippen molar-refractivity contribution in [1.82, 2.24) is 4.98 Å². The molecule has 2 aromatic carbocycles. The normalized spacial score (nSPS) is 10.6. The van der Waals surface area contributed by atoms with Crippen molar-refractivity contribution in [3.63, 3.8) is 0 Å². The molecule has 0 radical (unpaired) electrons. The van der Waals surface area contributed by atoms with Gasteiger partial charge in [0.2, 0.25) is 5.91 Å². The van der Waals surface area contributed by atoms with Crippen LogP contribution in [0.4, 0.5) is 5.13 Å². The number of carbonyl (C=O) groups is 2. The monoisotopic (exact) mass is 408 g/mol. The molecule has 5 nitrogen and oxygen atoms in total. The Balaban J connectivity index is 1.57. The first-order valence-electron chi connectivity index (χ1n) is 9.48. The van der Waals surface area contributed by atoms with Gasteiger partial charge < -0.3 is 10.1 Å². The van der Waals surface area contributed by atoms with Gasteiger partial charge in [-0.25, -0.2) is 4.98 Å². The van der Waals surface area contributed by atoms with E-state index >= 15 is 0 Å². The third-order valence-electron chi connectivity index (χ3n) is 4.61. The maximum Gasteiger partial charge on any atom is 0.226 e. The molecule has 0 spiro atoms. The average molecular weight is 409 g/mol. The van der Waals surface area contributed by atoms with Gasteiger partial charge in [-0.05, 0) is 44.0 Å². The quantitative estimate of drug-likeness (QED) is 0.505. The van der Waals surface area contributed by atoms with Gasteiger partial charge in [0.1, 0.15) is 5.75 Å². The Morgan fingerprint density at radius 3 is 2.52 bits per heavy atom. The van der Waals surface area contributed by atoms with Crippen LogP contribution in [0.2, 0.25) is 0 Å². The van der Waals surface area contributed by atoms with Crippen molar-refractivity contribution in [2.75, 3.05) is 12.4 Å². The number of nitrogens with one attached hydrogen (secondary N) is 1. The van der Waals surface area contributed by atoms with Crippen LogP contribution in [0.3, 0.4) is 0 Å². The van der Waals surface area contributed by atoms with E-state index in [0.717, 1.165) is 27.4 Å². The van der Waals surface area contributed by atoms with Gasteiger partial charge in [0, 0.05) is 28.8 Å². The molecule has 3 aromatic rings. The van der Waals surface area contributed by atoms with E-state index in [9.17, 15) is 9.59 Å². The Bertz CT molecular complexity index is 1010. The lowest BCUT2D eigenvalue weighted by Crippen LogP contribution is -2.11. The second-order valence-electron chi connectivity index (χ2n) is 6.80. The Morgan fingerprint density at radius 1 is 1.07 bits per heavy atom. The van der Waals surface area contributed by atoms with Gasteiger partial charge in [0.25, 0.3) is 0 Å². The molecular formula is C23H24N2O3S. The van der Waals surface area contributed by atoms with Crippen LogP contribution in [-0.4, -0.2) is 23.8 Å². The molecule has 150 valence electrons. The van der Waals surface area contributed by atoms with Gasteiger partial charge in [-0.3, -0.25) is 9.59 Å². The number of carbonyl (C=O) groups excluding carboxylic acids is 2. The molecule has 0 saturated carbocycles. The molecule has 0 aliphatic rings. The second-order valence-corrected chi connectivity index (χ2v) is 8.00. The summed E-state index contributed by atoms with van der Waals surface area (Å²) in [4.78, 5) is 30.0. The molecule has 6 heteroatoms. The lowest BCUT2D eigenvalue weighted by Gasteiger charge is -2.06. The van der Waals surface area contributed by atoms with Gasteiger partial charge in [-0.2, -0.15) is 0 Å². The van der Waals surface area contributed by atoms with E-state index in [0.29, 0.717) is 23.5 Å². The topological polar surface area (TPSA) is 68.3 Å². The molecule has 0 atom stereocenters. The maximum atomic E-state index is 12.3. The highest BCUT2D eigenvalue weighted by molar-refractivity contribution is 7.16. The van der Waals surface area contributed by atoms with Gasteiger partial charge >= 0.3 is 0 Å². The summed E-state index contributed by atoms with van der Waals surface area (Å²) in [5.74, 6) is 0.762. The van der Waals surface area contributed by atoms with Crippen LogP contribution < -0.4 is 10.1 Å². The summed E-state index contributed by atoms with van der Waals surface area (Å²) in [5, 5.41) is 3.43. The molecule has 0 saturated heterocycles. The number of Topliss-reactive ketones (excluding diaryl/α,β-unsaturated/α-hetero) is 1. The summed E-state index contributed by atoms with van der Waals surface area (Å²) >= 11 is 1.45. The number of hydrogen-bond acceptors (Lipinski definition) is 5. The third kappa shape index (κ3) is 5.29. The van der Waals surface area contributed by atoms with Crippen molar-refractivity contribution in [3.8, 4) is 17.0 Å². The molecule has 0 aliphatic carbocycles. The number of rotatable bonds is 8. The molecule has 29 heavy (non-hydrogen) atoms. The van der Waals surface area contributed by atoms with Gasteiger partial charge in [0.05, 0.1) is 12.8 Å². The van der Waals surface area contributed by atoms with Gasteiger partial charge in [-0.15, -0.1) is 11.3 Å². The van der Waals surface area contributed by atoms with Gasteiger partial charge in [-0.1, -0.05) is 30.3 Å². The summed E-state index contributed by atoms with van der Waals surface area (Å²) in [6.07, 6.45) is 1.15. The maximum absolute atomic E-state index is 12.3. The summed E-state index contributed by atoms with van der Waals surface area (Å²) in [5.41, 5.74) is 3.57. The molecule has 1 aromatic heterocycles. The minimum Gasteiger partial charge on any atom is -0.496 e. The number of aryl methyl sites for hydroxylation is 2. The van der Waals surface area contributed by atoms with Crippen molar-refractivity contribution in [2.45, 2.75) is 33.1 Å². The largest absolute Gasteiger partial charge is 0.496 e. The van der Waals surface area contributed by atoms with Crippen LogP contribution in [0, 0.1) is 13.8 Å². The molecule has 1 N–H and O–H groups in total. The van der Waals surface area contributed by atoms with E-state index in [-0.39, 0.29) is 18.1 Å². The van der Waals surface area contributed by atoms with Crippen molar-refractivity contribution in [1.29, 1.82) is 0 Å². The minimum atomic E-state index is -0.128. The van der Waals surface area contributed by atoms with E-state index in [1.165, 1.54) is 11.3 Å². The number of aromatic nitrogens is 1. The lowest BCUT2D eigenvalue weighted by atomic mass is 10.1. The van der Waals surface area contributed by atoms with Crippen molar-refractivity contribution < 1.29 is 14.3 Å². The number of ketones is 1. The number of anilines is 1. The Labute approximate surface area is 174 Å². The number of nitrogens with zero attached hydrogens (tertiary/aromatic N) is 1. The number of benzene rings is 2. The zero-order valence-electron chi connectivity index (χ0n) is 16.8.